The molecule has 0 aliphatic carbocycles. The van der Waals surface area contributed by atoms with Crippen molar-refractivity contribution in [2.75, 3.05) is 124 Å². The zero-order valence-electron chi connectivity index (χ0n) is 37.6. The first-order valence-corrected chi connectivity index (χ1v) is 16.7. The first kappa shape index (κ1) is 73.2. The molecule has 0 saturated heterocycles. The van der Waals surface area contributed by atoms with Gasteiger partial charge in [-0.15, -0.1) is 0 Å². The molecule has 0 spiro atoms. The van der Waals surface area contributed by atoms with Crippen molar-refractivity contribution in [1.82, 2.24) is 29.4 Å². The fourth-order valence-electron chi connectivity index (χ4n) is 4.64. The molecular formula is C36H90CoCuN6NiO6. The zero-order valence-corrected chi connectivity index (χ0v) is 40.5. The van der Waals surface area contributed by atoms with Crippen LogP contribution in [-0.2, 0) is 50.3 Å². The summed E-state index contributed by atoms with van der Waals surface area (Å²) in [6.45, 7) is 25.9. The number of nitrogens with zero attached hydrogens (tertiary/aromatic N) is 6. The molecule has 6 N–H and O–H groups in total. The van der Waals surface area contributed by atoms with Gasteiger partial charge in [0.1, 0.15) is 0 Å². The molecule has 15 heteroatoms. The van der Waals surface area contributed by atoms with Crippen LogP contribution >= 0.6 is 0 Å². The topological polar surface area (TPSA) is 141 Å². The smallest absolute Gasteiger partial charge is 0.0717 e. The molecule has 51 heavy (non-hydrogen) atoms. The minimum Gasteiger partial charge on any atom is -0.389 e. The van der Waals surface area contributed by atoms with E-state index in [2.05, 4.69) is 0 Å². The summed E-state index contributed by atoms with van der Waals surface area (Å²) in [5.74, 6) is 0. The van der Waals surface area contributed by atoms with E-state index in [1.807, 2.05) is 114 Å². The standard InChI is InChI=1S/6C6H15NO.Co.Cu.Ni/c6*1-6(2,8)5-7(3)4;;;/h6*8H,5H2,1-4H3;;;. The minimum absolute atomic E-state index is 0. The van der Waals surface area contributed by atoms with Gasteiger partial charge in [0.15, 0.2) is 0 Å². The molecule has 0 aliphatic heterocycles. The van der Waals surface area contributed by atoms with E-state index in [9.17, 15) is 0 Å². The Morgan fingerprint density at radius 2 is 0.333 bits per heavy atom. The maximum Gasteiger partial charge on any atom is 0.0717 e. The predicted octanol–water partition coefficient (Wildman–Crippen LogP) is 1.91. The Balaban J connectivity index is -0.0000000586. The van der Waals surface area contributed by atoms with Crippen LogP contribution < -0.4 is 0 Å². The summed E-state index contributed by atoms with van der Waals surface area (Å²) >= 11 is 0. The molecule has 0 aromatic rings. The van der Waals surface area contributed by atoms with E-state index >= 15 is 0 Å². The van der Waals surface area contributed by atoms with Gasteiger partial charge in [0, 0.05) is 89.6 Å². The maximum atomic E-state index is 9.15. The molecule has 0 aromatic heterocycles. The van der Waals surface area contributed by atoms with Crippen molar-refractivity contribution in [2.24, 2.45) is 0 Å². The second-order valence-corrected chi connectivity index (χ2v) is 18.3. The van der Waals surface area contributed by atoms with Crippen LogP contribution in [0.3, 0.4) is 0 Å². The van der Waals surface area contributed by atoms with E-state index in [0.29, 0.717) is 39.3 Å². The van der Waals surface area contributed by atoms with Gasteiger partial charge < -0.3 is 60.0 Å². The number of hydrogen-bond donors (Lipinski definition) is 6. The number of likely N-dealkylation sites (N-methyl/N-ethyl adjacent to an activating group) is 6. The second kappa shape index (κ2) is 34.3. The molecule has 0 amide bonds. The van der Waals surface area contributed by atoms with Gasteiger partial charge in [-0.05, 0) is 168 Å². The third-order valence-electron chi connectivity index (χ3n) is 4.22. The zero-order chi connectivity index (χ0) is 40.7. The number of rotatable bonds is 12. The van der Waals surface area contributed by atoms with Gasteiger partial charge in [-0.2, -0.15) is 0 Å². The number of hydrogen-bond acceptors (Lipinski definition) is 12. The van der Waals surface area contributed by atoms with Crippen molar-refractivity contribution in [2.45, 2.75) is 117 Å². The van der Waals surface area contributed by atoms with Crippen LogP contribution in [0.5, 0.6) is 0 Å². The molecular weight excluding hydrogens is 794 g/mol. The first-order chi connectivity index (χ1) is 20.5. The van der Waals surface area contributed by atoms with Crippen molar-refractivity contribution in [3.63, 3.8) is 0 Å². The van der Waals surface area contributed by atoms with Crippen molar-refractivity contribution in [3.05, 3.63) is 0 Å². The summed E-state index contributed by atoms with van der Waals surface area (Å²) in [5.41, 5.74) is -3.31. The van der Waals surface area contributed by atoms with Crippen LogP contribution in [-0.4, -0.2) is 217 Å². The summed E-state index contributed by atoms with van der Waals surface area (Å²) in [7, 11) is 23.3. The first-order valence-electron chi connectivity index (χ1n) is 16.7. The summed E-state index contributed by atoms with van der Waals surface area (Å²) in [6.07, 6.45) is 0. The van der Waals surface area contributed by atoms with E-state index in [1.54, 1.807) is 83.1 Å². The van der Waals surface area contributed by atoms with Gasteiger partial charge in [0.05, 0.1) is 33.6 Å². The summed E-state index contributed by atoms with van der Waals surface area (Å²) in [6, 6.07) is 0. The van der Waals surface area contributed by atoms with Crippen LogP contribution in [0.25, 0.3) is 0 Å². The maximum absolute atomic E-state index is 9.15. The third-order valence-corrected chi connectivity index (χ3v) is 4.22. The SMILES string of the molecule is CN(C)CC(C)(C)O.CN(C)CC(C)(C)O.CN(C)CC(C)(C)O.CN(C)CC(C)(C)O.CN(C)CC(C)(C)O.CN(C)CC(C)(C)O.[Co].[Cu].[Ni]. The quantitative estimate of drug-likeness (QED) is 0.160. The molecule has 0 heterocycles. The molecule has 0 rings (SSSR count). The second-order valence-electron chi connectivity index (χ2n) is 18.3. The molecule has 0 aliphatic rings. The molecule has 330 valence electrons. The fraction of sp³-hybridized carbons (Fsp3) is 1.00. The Kier molecular flexibility index (Phi) is 49.2. The van der Waals surface area contributed by atoms with Crippen LogP contribution in [0.1, 0.15) is 83.1 Å². The van der Waals surface area contributed by atoms with E-state index < -0.39 is 33.6 Å². The van der Waals surface area contributed by atoms with Crippen molar-refractivity contribution in [1.29, 1.82) is 0 Å². The molecule has 0 bridgehead atoms. The normalized spacial score (nSPS) is 12.0. The number of aliphatic hydroxyl groups is 6. The monoisotopic (exact) mass is 882 g/mol. The predicted molar refractivity (Wildman–Crippen MR) is 209 cm³/mol. The fourth-order valence-corrected chi connectivity index (χ4v) is 4.64. The van der Waals surface area contributed by atoms with Crippen molar-refractivity contribution in [3.8, 4) is 0 Å². The van der Waals surface area contributed by atoms with Gasteiger partial charge >= 0.3 is 0 Å². The Bertz CT molecular complexity index is 557. The molecule has 2 radical (unpaired) electrons. The molecule has 0 saturated carbocycles. The largest absolute Gasteiger partial charge is 0.389 e. The van der Waals surface area contributed by atoms with Crippen molar-refractivity contribution >= 4 is 0 Å². The van der Waals surface area contributed by atoms with E-state index in [4.69, 9.17) is 30.6 Å². The molecule has 0 aromatic carbocycles. The average Bonchev–Trinajstić information content (AvgIpc) is 2.57. The Labute approximate surface area is 349 Å². The van der Waals surface area contributed by atoms with E-state index in [1.165, 1.54) is 0 Å². The van der Waals surface area contributed by atoms with E-state index in [-0.39, 0.29) is 50.3 Å². The Morgan fingerprint density at radius 1 is 0.275 bits per heavy atom. The van der Waals surface area contributed by atoms with Crippen LogP contribution in [0.15, 0.2) is 0 Å². The van der Waals surface area contributed by atoms with E-state index in [0.717, 1.165) is 0 Å². The van der Waals surface area contributed by atoms with Crippen molar-refractivity contribution < 1.29 is 81.0 Å². The summed E-state index contributed by atoms with van der Waals surface area (Å²) in [5, 5.41) is 54.9. The summed E-state index contributed by atoms with van der Waals surface area (Å²) < 4.78 is 0. The summed E-state index contributed by atoms with van der Waals surface area (Å²) in [4.78, 5) is 11.8. The molecule has 0 atom stereocenters. The minimum atomic E-state index is -0.552. The third kappa shape index (κ3) is 127. The Hall–Kier alpha value is 1.04. The van der Waals surface area contributed by atoms with Gasteiger partial charge in [-0.3, -0.25) is 0 Å². The molecule has 0 fully saturated rings. The molecule has 12 nitrogen and oxygen atoms in total. The van der Waals surface area contributed by atoms with Crippen LogP contribution in [0.4, 0.5) is 0 Å². The van der Waals surface area contributed by atoms with Crippen LogP contribution in [0, 0.1) is 0 Å². The van der Waals surface area contributed by atoms with Gasteiger partial charge in [0.25, 0.3) is 0 Å². The van der Waals surface area contributed by atoms with Gasteiger partial charge in [0.2, 0.25) is 0 Å². The van der Waals surface area contributed by atoms with Gasteiger partial charge in [-0.1, -0.05) is 0 Å². The van der Waals surface area contributed by atoms with Crippen LogP contribution in [0.2, 0.25) is 0 Å². The van der Waals surface area contributed by atoms with Gasteiger partial charge in [-0.25, -0.2) is 0 Å². The average molecular weight is 884 g/mol. The Morgan fingerprint density at radius 3 is 0.333 bits per heavy atom. The molecule has 0 unspecified atom stereocenters.